The molecule has 1 heterocycles. The largest absolute Gasteiger partial charge is 0.481 e. The maximum Gasteiger partial charge on any atom is 0.341 e. The zero-order chi connectivity index (χ0) is 21.1. The molecule has 3 N–H and O–H groups in total. The van der Waals surface area contributed by atoms with Crippen LogP contribution in [0.15, 0.2) is 49.0 Å². The molecule has 29 heavy (non-hydrogen) atoms. The maximum absolute atomic E-state index is 12.5. The van der Waals surface area contributed by atoms with Crippen LogP contribution in [-0.2, 0) is 16.1 Å². The molecule has 0 aliphatic rings. The SMILES string of the molecule is C=Cc1ccc(Cn2c(C)c(C(=O)C(N)=O)c3c(OCC(=O)O)cccc32)cc1. The molecule has 0 spiro atoms. The number of primary amides is 1. The summed E-state index contributed by atoms with van der Waals surface area (Å²) in [6, 6.07) is 12.8. The number of aliphatic carboxylic acids is 1. The van der Waals surface area contributed by atoms with Crippen molar-refractivity contribution in [1.29, 1.82) is 0 Å². The highest BCUT2D eigenvalue weighted by Crippen LogP contribution is 2.34. The number of benzene rings is 2. The van der Waals surface area contributed by atoms with Gasteiger partial charge in [0.1, 0.15) is 5.75 Å². The highest BCUT2D eigenvalue weighted by molar-refractivity contribution is 6.45. The number of nitrogens with two attached hydrogens (primary N) is 1. The molecule has 0 radical (unpaired) electrons. The standard InChI is InChI=1S/C22H20N2O5/c1-3-14-7-9-15(10-8-14)11-24-13(2)19(21(27)22(23)28)20-16(24)5-4-6-17(20)29-12-18(25)26/h3-10H,1,11-12H2,2H3,(H2,23,28)(H,25,26). The lowest BCUT2D eigenvalue weighted by atomic mass is 10.1. The Balaban J connectivity index is 2.18. The van der Waals surface area contributed by atoms with Crippen molar-refractivity contribution in [2.45, 2.75) is 13.5 Å². The van der Waals surface area contributed by atoms with Crippen LogP contribution in [0.25, 0.3) is 17.0 Å². The third kappa shape index (κ3) is 3.89. The quantitative estimate of drug-likeness (QED) is 0.452. The summed E-state index contributed by atoms with van der Waals surface area (Å²) in [5.41, 5.74) is 8.52. The van der Waals surface area contributed by atoms with Crippen molar-refractivity contribution in [2.24, 2.45) is 5.73 Å². The topological polar surface area (TPSA) is 112 Å². The van der Waals surface area contributed by atoms with Gasteiger partial charge in [-0.1, -0.05) is 43.0 Å². The third-order valence-electron chi connectivity index (χ3n) is 4.67. The van der Waals surface area contributed by atoms with Crippen LogP contribution in [0.2, 0.25) is 0 Å². The number of hydrogen-bond acceptors (Lipinski definition) is 4. The average Bonchev–Trinajstić information content (AvgIpc) is 2.98. The zero-order valence-electron chi connectivity index (χ0n) is 15.8. The normalized spacial score (nSPS) is 10.7. The summed E-state index contributed by atoms with van der Waals surface area (Å²) >= 11 is 0. The Bertz CT molecular complexity index is 1130. The smallest absolute Gasteiger partial charge is 0.341 e. The van der Waals surface area contributed by atoms with E-state index >= 15 is 0 Å². The molecule has 0 aliphatic carbocycles. The van der Waals surface area contributed by atoms with E-state index in [1.165, 1.54) is 0 Å². The van der Waals surface area contributed by atoms with Crippen LogP contribution >= 0.6 is 0 Å². The molecule has 148 valence electrons. The second-order valence-electron chi connectivity index (χ2n) is 6.52. The fourth-order valence-electron chi connectivity index (χ4n) is 3.30. The molecular formula is C22H20N2O5. The minimum absolute atomic E-state index is 0.121. The van der Waals surface area contributed by atoms with Crippen molar-refractivity contribution in [3.8, 4) is 5.75 Å². The highest BCUT2D eigenvalue weighted by atomic mass is 16.5. The van der Waals surface area contributed by atoms with Gasteiger partial charge in [0.15, 0.2) is 6.61 Å². The molecule has 0 unspecified atom stereocenters. The molecule has 0 saturated heterocycles. The minimum Gasteiger partial charge on any atom is -0.481 e. The van der Waals surface area contributed by atoms with E-state index in [4.69, 9.17) is 15.6 Å². The van der Waals surface area contributed by atoms with Gasteiger partial charge in [-0.2, -0.15) is 0 Å². The molecular weight excluding hydrogens is 372 g/mol. The molecule has 0 aliphatic heterocycles. The number of ether oxygens (including phenoxy) is 1. The highest BCUT2D eigenvalue weighted by Gasteiger charge is 2.26. The monoisotopic (exact) mass is 392 g/mol. The lowest BCUT2D eigenvalue weighted by Crippen LogP contribution is -2.24. The molecule has 1 aromatic heterocycles. The summed E-state index contributed by atoms with van der Waals surface area (Å²) in [6.45, 7) is 5.32. The fourth-order valence-corrected chi connectivity index (χ4v) is 3.30. The van der Waals surface area contributed by atoms with Gasteiger partial charge in [0.05, 0.1) is 16.5 Å². The first-order valence-electron chi connectivity index (χ1n) is 8.85. The molecule has 3 aromatic rings. The molecule has 7 nitrogen and oxygen atoms in total. The maximum atomic E-state index is 12.5. The van der Waals surface area contributed by atoms with Gasteiger partial charge < -0.3 is 20.1 Å². The summed E-state index contributed by atoms with van der Waals surface area (Å²) in [6.07, 6.45) is 1.75. The van der Waals surface area contributed by atoms with Crippen LogP contribution in [0.5, 0.6) is 5.75 Å². The zero-order valence-corrected chi connectivity index (χ0v) is 15.8. The second-order valence-corrected chi connectivity index (χ2v) is 6.52. The van der Waals surface area contributed by atoms with E-state index < -0.39 is 24.3 Å². The average molecular weight is 392 g/mol. The van der Waals surface area contributed by atoms with Gasteiger partial charge in [0, 0.05) is 12.2 Å². The predicted molar refractivity (Wildman–Crippen MR) is 109 cm³/mol. The number of aromatic nitrogens is 1. The lowest BCUT2D eigenvalue weighted by Gasteiger charge is -2.10. The van der Waals surface area contributed by atoms with Gasteiger partial charge in [-0.3, -0.25) is 9.59 Å². The molecule has 0 fully saturated rings. The Morgan fingerprint density at radius 1 is 1.17 bits per heavy atom. The number of Topliss-reactive ketones (excluding diaryl/α,β-unsaturated/α-hetero) is 1. The van der Waals surface area contributed by atoms with Gasteiger partial charge in [-0.25, -0.2) is 4.79 Å². The van der Waals surface area contributed by atoms with Gasteiger partial charge in [-0.15, -0.1) is 0 Å². The third-order valence-corrected chi connectivity index (χ3v) is 4.67. The van der Waals surface area contributed by atoms with Crippen LogP contribution in [0.3, 0.4) is 0 Å². The number of amides is 1. The molecule has 2 aromatic carbocycles. The van der Waals surface area contributed by atoms with E-state index in [2.05, 4.69) is 6.58 Å². The van der Waals surface area contributed by atoms with Crippen LogP contribution < -0.4 is 10.5 Å². The number of carbonyl (C=O) groups is 3. The van der Waals surface area contributed by atoms with Crippen molar-refractivity contribution in [3.63, 3.8) is 0 Å². The molecule has 7 heteroatoms. The summed E-state index contributed by atoms with van der Waals surface area (Å²) in [7, 11) is 0. The number of carboxylic acids is 1. The first-order valence-corrected chi connectivity index (χ1v) is 8.85. The second kappa shape index (κ2) is 8.02. The Hall–Kier alpha value is -3.87. The first kappa shape index (κ1) is 19.9. The summed E-state index contributed by atoms with van der Waals surface area (Å²) < 4.78 is 7.25. The number of rotatable bonds is 8. The fraction of sp³-hybridized carbons (Fsp3) is 0.136. The first-order chi connectivity index (χ1) is 13.8. The predicted octanol–water partition coefficient (Wildman–Crippen LogP) is 2.77. The van der Waals surface area contributed by atoms with Crippen molar-refractivity contribution < 1.29 is 24.2 Å². The number of ketones is 1. The van der Waals surface area contributed by atoms with Gasteiger partial charge in [0.2, 0.25) is 0 Å². The molecule has 0 atom stereocenters. The minimum atomic E-state index is -1.15. The molecule has 3 rings (SSSR count). The van der Waals surface area contributed by atoms with Crippen LogP contribution in [-0.4, -0.2) is 33.9 Å². The van der Waals surface area contributed by atoms with E-state index in [1.54, 1.807) is 31.2 Å². The number of carboxylic acid groups (broad SMARTS) is 1. The lowest BCUT2D eigenvalue weighted by molar-refractivity contribution is -0.139. The molecule has 1 amide bonds. The van der Waals surface area contributed by atoms with Crippen LogP contribution in [0.1, 0.15) is 27.2 Å². The van der Waals surface area contributed by atoms with E-state index in [9.17, 15) is 14.4 Å². The Morgan fingerprint density at radius 3 is 2.45 bits per heavy atom. The van der Waals surface area contributed by atoms with Gasteiger partial charge >= 0.3 is 5.97 Å². The number of hydrogen-bond donors (Lipinski definition) is 2. The summed E-state index contributed by atoms with van der Waals surface area (Å²) in [4.78, 5) is 35.1. The van der Waals surface area contributed by atoms with Crippen molar-refractivity contribution in [3.05, 3.63) is 71.4 Å². The van der Waals surface area contributed by atoms with E-state index in [0.29, 0.717) is 23.1 Å². The van der Waals surface area contributed by atoms with E-state index in [-0.39, 0.29) is 11.3 Å². The Kier molecular flexibility index (Phi) is 5.50. The summed E-state index contributed by atoms with van der Waals surface area (Å²) in [5.74, 6) is -2.88. The van der Waals surface area contributed by atoms with Crippen molar-refractivity contribution in [2.75, 3.05) is 6.61 Å². The number of fused-ring (bicyclic) bond motifs is 1. The van der Waals surface area contributed by atoms with E-state index in [1.807, 2.05) is 28.8 Å². The number of nitrogens with zero attached hydrogens (tertiary/aromatic N) is 1. The van der Waals surface area contributed by atoms with Gasteiger partial charge in [0.25, 0.3) is 11.7 Å². The molecule has 0 bridgehead atoms. The van der Waals surface area contributed by atoms with Crippen LogP contribution in [0.4, 0.5) is 0 Å². The van der Waals surface area contributed by atoms with Crippen LogP contribution in [0, 0.1) is 6.92 Å². The van der Waals surface area contributed by atoms with Crippen molar-refractivity contribution in [1.82, 2.24) is 4.57 Å². The van der Waals surface area contributed by atoms with Gasteiger partial charge in [-0.05, 0) is 30.2 Å². The molecule has 0 saturated carbocycles. The van der Waals surface area contributed by atoms with Crippen molar-refractivity contribution >= 4 is 34.6 Å². The summed E-state index contributed by atoms with van der Waals surface area (Å²) in [5, 5.41) is 9.31. The Labute approximate surface area is 167 Å². The van der Waals surface area contributed by atoms with E-state index in [0.717, 1.165) is 11.1 Å². The Morgan fingerprint density at radius 2 is 1.86 bits per heavy atom. The number of carbonyl (C=O) groups excluding carboxylic acids is 2.